The zero-order chi connectivity index (χ0) is 25.7. The SMILES string of the molecule is O=C(O)CCCOc1ccc2cc(-c3nc(OCc4ccccc4F)cc(C(F)(F)F)n3)ccc2c1. The molecule has 0 aliphatic rings. The minimum Gasteiger partial charge on any atom is -0.494 e. The highest BCUT2D eigenvalue weighted by molar-refractivity contribution is 5.87. The average Bonchev–Trinajstić information content (AvgIpc) is 2.85. The molecule has 0 amide bonds. The second-order valence-corrected chi connectivity index (χ2v) is 7.86. The van der Waals surface area contributed by atoms with E-state index in [-0.39, 0.29) is 36.9 Å². The summed E-state index contributed by atoms with van der Waals surface area (Å²) in [5.74, 6) is -1.42. The molecular formula is C26H20F4N2O4. The highest BCUT2D eigenvalue weighted by Gasteiger charge is 2.34. The molecule has 0 unspecified atom stereocenters. The number of hydrogen-bond acceptors (Lipinski definition) is 5. The van der Waals surface area contributed by atoms with Gasteiger partial charge in [-0.2, -0.15) is 18.2 Å². The van der Waals surface area contributed by atoms with Crippen LogP contribution in [0.5, 0.6) is 11.6 Å². The van der Waals surface area contributed by atoms with Gasteiger partial charge in [0.1, 0.15) is 18.2 Å². The first-order chi connectivity index (χ1) is 17.2. The number of carbonyl (C=O) groups is 1. The van der Waals surface area contributed by atoms with Crippen molar-refractivity contribution >= 4 is 16.7 Å². The van der Waals surface area contributed by atoms with Gasteiger partial charge in [0, 0.05) is 23.6 Å². The molecule has 10 heteroatoms. The average molecular weight is 500 g/mol. The van der Waals surface area contributed by atoms with E-state index in [2.05, 4.69) is 9.97 Å². The molecule has 4 rings (SSSR count). The van der Waals surface area contributed by atoms with Crippen LogP contribution in [-0.4, -0.2) is 27.7 Å². The number of aromatic nitrogens is 2. The number of halogens is 4. The Labute approximate surface area is 203 Å². The maximum absolute atomic E-state index is 13.9. The maximum atomic E-state index is 13.9. The van der Waals surface area contributed by atoms with Gasteiger partial charge in [0.15, 0.2) is 11.5 Å². The van der Waals surface area contributed by atoms with Gasteiger partial charge >= 0.3 is 12.1 Å². The van der Waals surface area contributed by atoms with Gasteiger partial charge in [0.2, 0.25) is 5.88 Å². The minimum absolute atomic E-state index is 0.0000771. The van der Waals surface area contributed by atoms with Crippen LogP contribution in [0.3, 0.4) is 0 Å². The van der Waals surface area contributed by atoms with Crippen LogP contribution in [0.25, 0.3) is 22.2 Å². The molecule has 4 aromatic rings. The van der Waals surface area contributed by atoms with Crippen molar-refractivity contribution in [3.8, 4) is 23.0 Å². The number of ether oxygens (including phenoxy) is 2. The summed E-state index contributed by atoms with van der Waals surface area (Å²) < 4.78 is 65.4. The Balaban J connectivity index is 1.59. The lowest BCUT2D eigenvalue weighted by Gasteiger charge is -2.12. The molecule has 6 nitrogen and oxygen atoms in total. The third-order valence-corrected chi connectivity index (χ3v) is 5.20. The first kappa shape index (κ1) is 24.9. The fraction of sp³-hybridized carbons (Fsp3) is 0.192. The van der Waals surface area contributed by atoms with Gasteiger partial charge in [-0.1, -0.05) is 36.4 Å². The van der Waals surface area contributed by atoms with E-state index < -0.39 is 23.7 Å². The number of benzene rings is 3. The van der Waals surface area contributed by atoms with E-state index in [1.165, 1.54) is 18.2 Å². The number of alkyl halides is 3. The molecule has 1 heterocycles. The highest BCUT2D eigenvalue weighted by atomic mass is 19.4. The number of carboxylic acids is 1. The lowest BCUT2D eigenvalue weighted by Crippen LogP contribution is -2.11. The molecule has 0 saturated heterocycles. The van der Waals surface area contributed by atoms with Crippen molar-refractivity contribution in [1.82, 2.24) is 9.97 Å². The maximum Gasteiger partial charge on any atom is 0.433 e. The summed E-state index contributed by atoms with van der Waals surface area (Å²) in [5.41, 5.74) is -0.668. The molecule has 0 bridgehead atoms. The predicted octanol–water partition coefficient (Wildman–Crippen LogP) is 6.28. The lowest BCUT2D eigenvalue weighted by atomic mass is 10.1. The Morgan fingerprint density at radius 1 is 0.917 bits per heavy atom. The molecular weight excluding hydrogens is 480 g/mol. The Bertz CT molecular complexity index is 1390. The molecule has 1 aromatic heterocycles. The van der Waals surface area contributed by atoms with Crippen LogP contribution in [0.2, 0.25) is 0 Å². The van der Waals surface area contributed by atoms with Crippen molar-refractivity contribution in [2.24, 2.45) is 0 Å². The summed E-state index contributed by atoms with van der Waals surface area (Å²) in [6.45, 7) is -0.0585. The van der Waals surface area contributed by atoms with Crippen LogP contribution in [0.4, 0.5) is 17.6 Å². The normalized spacial score (nSPS) is 11.4. The molecule has 0 fully saturated rings. The number of fused-ring (bicyclic) bond motifs is 1. The molecule has 1 N–H and O–H groups in total. The Morgan fingerprint density at radius 3 is 2.42 bits per heavy atom. The Morgan fingerprint density at radius 2 is 1.67 bits per heavy atom. The summed E-state index contributed by atoms with van der Waals surface area (Å²) in [7, 11) is 0. The van der Waals surface area contributed by atoms with Crippen LogP contribution in [-0.2, 0) is 17.6 Å². The molecule has 0 spiro atoms. The minimum atomic E-state index is -4.74. The van der Waals surface area contributed by atoms with E-state index in [9.17, 15) is 22.4 Å². The van der Waals surface area contributed by atoms with Gasteiger partial charge in [0.25, 0.3) is 0 Å². The van der Waals surface area contributed by atoms with Crippen molar-refractivity contribution in [3.05, 3.63) is 83.8 Å². The van der Waals surface area contributed by atoms with Gasteiger partial charge < -0.3 is 14.6 Å². The third-order valence-electron chi connectivity index (χ3n) is 5.20. The molecule has 186 valence electrons. The van der Waals surface area contributed by atoms with Crippen LogP contribution < -0.4 is 9.47 Å². The van der Waals surface area contributed by atoms with Crippen LogP contribution in [0, 0.1) is 5.82 Å². The zero-order valence-corrected chi connectivity index (χ0v) is 18.8. The van der Waals surface area contributed by atoms with Crippen molar-refractivity contribution in [1.29, 1.82) is 0 Å². The van der Waals surface area contributed by atoms with Gasteiger partial charge in [-0.15, -0.1) is 0 Å². The molecule has 0 saturated carbocycles. The number of carboxylic acid groups (broad SMARTS) is 1. The number of aliphatic carboxylic acids is 1. The van der Waals surface area contributed by atoms with E-state index in [4.69, 9.17) is 14.6 Å². The molecule has 0 atom stereocenters. The molecule has 0 radical (unpaired) electrons. The quantitative estimate of drug-likeness (QED) is 0.215. The topological polar surface area (TPSA) is 81.5 Å². The molecule has 0 aliphatic heterocycles. The van der Waals surface area contributed by atoms with Crippen molar-refractivity contribution in [2.45, 2.75) is 25.6 Å². The molecule has 0 aliphatic carbocycles. The summed E-state index contributed by atoms with van der Waals surface area (Å²) in [5, 5.41) is 10.2. The fourth-order valence-corrected chi connectivity index (χ4v) is 3.41. The van der Waals surface area contributed by atoms with E-state index in [1.807, 2.05) is 0 Å². The van der Waals surface area contributed by atoms with Gasteiger partial charge in [0.05, 0.1) is 6.61 Å². The third kappa shape index (κ3) is 6.26. The summed E-state index contributed by atoms with van der Waals surface area (Å²) >= 11 is 0. The van der Waals surface area contributed by atoms with Crippen molar-refractivity contribution < 1.29 is 36.9 Å². The summed E-state index contributed by atoms with van der Waals surface area (Å²) in [4.78, 5) is 18.4. The van der Waals surface area contributed by atoms with Gasteiger partial charge in [-0.3, -0.25) is 4.79 Å². The van der Waals surface area contributed by atoms with E-state index in [0.717, 1.165) is 5.39 Å². The first-order valence-corrected chi connectivity index (χ1v) is 10.9. The molecule has 36 heavy (non-hydrogen) atoms. The summed E-state index contributed by atoms with van der Waals surface area (Å²) in [6.07, 6.45) is -4.38. The lowest BCUT2D eigenvalue weighted by molar-refractivity contribution is -0.141. The summed E-state index contributed by atoms with van der Waals surface area (Å²) in [6, 6.07) is 16.5. The second-order valence-electron chi connectivity index (χ2n) is 7.86. The second kappa shape index (κ2) is 10.6. The van der Waals surface area contributed by atoms with E-state index >= 15 is 0 Å². The van der Waals surface area contributed by atoms with Gasteiger partial charge in [-0.05, 0) is 41.5 Å². The largest absolute Gasteiger partial charge is 0.494 e. The zero-order valence-electron chi connectivity index (χ0n) is 18.8. The predicted molar refractivity (Wildman–Crippen MR) is 123 cm³/mol. The molecule has 3 aromatic carbocycles. The Hall–Kier alpha value is -4.21. The highest BCUT2D eigenvalue weighted by Crippen LogP contribution is 2.33. The van der Waals surface area contributed by atoms with E-state index in [0.29, 0.717) is 29.2 Å². The number of hydrogen-bond donors (Lipinski definition) is 1. The van der Waals surface area contributed by atoms with Crippen LogP contribution in [0.15, 0.2) is 66.7 Å². The van der Waals surface area contributed by atoms with Crippen molar-refractivity contribution in [2.75, 3.05) is 6.61 Å². The fourth-order valence-electron chi connectivity index (χ4n) is 3.41. The van der Waals surface area contributed by atoms with Gasteiger partial charge in [-0.25, -0.2) is 9.37 Å². The number of nitrogens with zero attached hydrogens (tertiary/aromatic N) is 2. The monoisotopic (exact) mass is 500 g/mol. The van der Waals surface area contributed by atoms with Crippen molar-refractivity contribution in [3.63, 3.8) is 0 Å². The smallest absolute Gasteiger partial charge is 0.433 e. The van der Waals surface area contributed by atoms with Crippen LogP contribution in [0.1, 0.15) is 24.1 Å². The first-order valence-electron chi connectivity index (χ1n) is 10.9. The van der Waals surface area contributed by atoms with Crippen LogP contribution >= 0.6 is 0 Å². The Kier molecular flexibility index (Phi) is 7.33. The number of rotatable bonds is 9. The standard InChI is InChI=1S/C26H20F4N2O4/c27-21-5-2-1-4-19(21)15-36-23-14-22(26(28,29)30)31-25(32-23)18-8-7-17-13-20(10-9-16(17)12-18)35-11-3-6-24(33)34/h1-2,4-5,7-10,12-14H,3,6,11,15H2,(H,33,34). The van der Waals surface area contributed by atoms with E-state index in [1.54, 1.807) is 42.5 Å².